The van der Waals surface area contributed by atoms with Crippen LogP contribution < -0.4 is 5.32 Å². The first-order valence-corrected chi connectivity index (χ1v) is 12.5. The molecule has 3 N–H and O–H groups in total. The summed E-state index contributed by atoms with van der Waals surface area (Å²) in [5.41, 5.74) is 3.39. The number of anilines is 2. The van der Waals surface area contributed by atoms with Gasteiger partial charge in [0.15, 0.2) is 5.82 Å². The van der Waals surface area contributed by atoms with Crippen LogP contribution in [0, 0.1) is 0 Å². The molecule has 1 aliphatic carbocycles. The normalized spacial score (nSPS) is 13.9. The molecule has 4 heterocycles. The van der Waals surface area contributed by atoms with Crippen molar-refractivity contribution < 1.29 is 13.5 Å². The second-order valence-electron chi connectivity index (χ2n) is 8.20. The van der Waals surface area contributed by atoms with Crippen molar-refractivity contribution in [2.45, 2.75) is 24.7 Å². The van der Waals surface area contributed by atoms with E-state index in [0.29, 0.717) is 58.4 Å². The van der Waals surface area contributed by atoms with Gasteiger partial charge in [-0.2, -0.15) is 9.19 Å². The van der Waals surface area contributed by atoms with Gasteiger partial charge in [0.2, 0.25) is 0 Å². The molecule has 1 fully saturated rings. The van der Waals surface area contributed by atoms with Crippen LogP contribution in [0.2, 0.25) is 0 Å². The fourth-order valence-electron chi connectivity index (χ4n) is 3.78. The van der Waals surface area contributed by atoms with Crippen molar-refractivity contribution >= 4 is 32.7 Å². The van der Waals surface area contributed by atoms with Gasteiger partial charge in [-0.05, 0) is 18.9 Å². The maximum Gasteiger partial charge on any atom is 0.256 e. The van der Waals surface area contributed by atoms with E-state index < -0.39 is 10.0 Å². The van der Waals surface area contributed by atoms with Crippen LogP contribution in [0.3, 0.4) is 0 Å². The number of aromatic nitrogens is 7. The van der Waals surface area contributed by atoms with Crippen molar-refractivity contribution in [3.63, 3.8) is 0 Å². The quantitative estimate of drug-likeness (QED) is 0.314. The number of imidazole rings is 1. The average molecular weight is 489 g/mol. The van der Waals surface area contributed by atoms with Gasteiger partial charge in [-0.1, -0.05) is 30.3 Å². The lowest BCUT2D eigenvalue weighted by molar-refractivity contribution is 0.273. The van der Waals surface area contributed by atoms with E-state index in [9.17, 15) is 13.5 Å². The van der Waals surface area contributed by atoms with Crippen LogP contribution in [0.1, 0.15) is 18.7 Å². The Balaban J connectivity index is 1.35. The minimum Gasteiger partial charge on any atom is -0.388 e. The van der Waals surface area contributed by atoms with Gasteiger partial charge in [0.05, 0.1) is 28.7 Å². The highest BCUT2D eigenvalue weighted by Gasteiger charge is 2.37. The van der Waals surface area contributed by atoms with E-state index in [1.54, 1.807) is 18.3 Å². The molecule has 0 radical (unpaired) electrons. The molecule has 6 rings (SSSR count). The number of benzene rings is 1. The van der Waals surface area contributed by atoms with E-state index in [4.69, 9.17) is 4.98 Å². The zero-order chi connectivity index (χ0) is 24.0. The predicted molar refractivity (Wildman–Crippen MR) is 129 cm³/mol. The van der Waals surface area contributed by atoms with Crippen LogP contribution >= 0.6 is 0 Å². The summed E-state index contributed by atoms with van der Waals surface area (Å²) >= 11 is 0. The number of fused-ring (bicyclic) bond motifs is 1. The first kappa shape index (κ1) is 21.4. The molecule has 0 atom stereocenters. The zero-order valence-corrected chi connectivity index (χ0v) is 19.1. The largest absolute Gasteiger partial charge is 0.388 e. The van der Waals surface area contributed by atoms with E-state index in [1.165, 1.54) is 12.4 Å². The number of aromatic amines is 1. The molecule has 11 nitrogen and oxygen atoms in total. The molecule has 4 aromatic heterocycles. The van der Waals surface area contributed by atoms with Crippen LogP contribution in [0.5, 0.6) is 0 Å². The number of hydrogen-bond acceptors (Lipinski definition) is 9. The molecular weight excluding hydrogens is 468 g/mol. The minimum absolute atomic E-state index is 0.217. The van der Waals surface area contributed by atoms with Gasteiger partial charge in [0.1, 0.15) is 35.3 Å². The third kappa shape index (κ3) is 4.02. The highest BCUT2D eigenvalue weighted by molar-refractivity contribution is 7.90. The maximum absolute atomic E-state index is 12.4. The Morgan fingerprint density at radius 3 is 2.66 bits per heavy atom. The van der Waals surface area contributed by atoms with E-state index >= 15 is 0 Å². The number of aliphatic hydroxyl groups is 1. The highest BCUT2D eigenvalue weighted by Crippen LogP contribution is 2.31. The number of pyridine rings is 1. The topological polar surface area (TPSA) is 152 Å². The van der Waals surface area contributed by atoms with Crippen LogP contribution in [-0.4, -0.2) is 52.9 Å². The van der Waals surface area contributed by atoms with Crippen LogP contribution in [0.15, 0.2) is 61.1 Å². The summed E-state index contributed by atoms with van der Waals surface area (Å²) in [4.78, 5) is 21.1. The standard InChI is InChI=1S/C23H20N8O3S/c32-13-20-26-17-10-19(28-21(22(17)29-20)14-4-2-1-3-5-14)27-18-8-9-24-23(30-18)15-11-25-31(12-15)35(33,34)16-6-7-16/h1-5,8-12,16,32H,6-7,13H2,(H,26,29)(H,24,27,28,30). The number of aliphatic hydroxyl groups excluding tert-OH is 1. The summed E-state index contributed by atoms with van der Waals surface area (Å²) in [7, 11) is -3.47. The molecular formula is C23H20N8O3S. The smallest absolute Gasteiger partial charge is 0.256 e. The molecule has 5 aromatic rings. The van der Waals surface area contributed by atoms with Gasteiger partial charge < -0.3 is 15.4 Å². The molecule has 0 amide bonds. The van der Waals surface area contributed by atoms with E-state index in [2.05, 4.69) is 30.4 Å². The van der Waals surface area contributed by atoms with Crippen molar-refractivity contribution in [2.75, 3.05) is 5.32 Å². The van der Waals surface area contributed by atoms with Crippen LogP contribution in [-0.2, 0) is 16.6 Å². The van der Waals surface area contributed by atoms with Crippen molar-refractivity contribution in [1.82, 2.24) is 34.1 Å². The average Bonchev–Trinajstić information content (AvgIpc) is 3.47. The Bertz CT molecular complexity index is 1640. The van der Waals surface area contributed by atoms with Gasteiger partial charge >= 0.3 is 0 Å². The number of nitrogens with one attached hydrogen (secondary N) is 2. The predicted octanol–water partition coefficient (Wildman–Crippen LogP) is 2.85. The lowest BCUT2D eigenvalue weighted by atomic mass is 10.1. The van der Waals surface area contributed by atoms with Crippen molar-refractivity contribution in [3.8, 4) is 22.6 Å². The van der Waals surface area contributed by atoms with Crippen LogP contribution in [0.4, 0.5) is 11.6 Å². The van der Waals surface area contributed by atoms with Gasteiger partial charge in [-0.3, -0.25) is 0 Å². The summed E-state index contributed by atoms with van der Waals surface area (Å²) in [5, 5.41) is 16.4. The van der Waals surface area contributed by atoms with Gasteiger partial charge in [-0.25, -0.2) is 28.4 Å². The Kier molecular flexibility index (Phi) is 5.04. The molecule has 12 heteroatoms. The molecule has 1 saturated carbocycles. The van der Waals surface area contributed by atoms with Gasteiger partial charge in [0, 0.05) is 17.8 Å². The number of nitrogens with zero attached hydrogens (tertiary/aromatic N) is 6. The van der Waals surface area contributed by atoms with E-state index in [0.717, 1.165) is 9.65 Å². The maximum atomic E-state index is 12.4. The Morgan fingerprint density at radius 2 is 1.89 bits per heavy atom. The third-order valence-corrected chi connectivity index (χ3v) is 7.69. The zero-order valence-electron chi connectivity index (χ0n) is 18.3. The summed E-state index contributed by atoms with van der Waals surface area (Å²) in [6, 6.07) is 13.1. The first-order valence-electron chi connectivity index (χ1n) is 11.0. The summed E-state index contributed by atoms with van der Waals surface area (Å²) < 4.78 is 25.9. The lowest BCUT2D eigenvalue weighted by Gasteiger charge is -2.09. The molecule has 35 heavy (non-hydrogen) atoms. The fraction of sp³-hybridized carbons (Fsp3) is 0.174. The van der Waals surface area contributed by atoms with Gasteiger partial charge in [-0.15, -0.1) is 0 Å². The Morgan fingerprint density at radius 1 is 1.06 bits per heavy atom. The van der Waals surface area contributed by atoms with Crippen molar-refractivity contribution in [3.05, 3.63) is 66.9 Å². The summed E-state index contributed by atoms with van der Waals surface area (Å²) in [6.45, 7) is -0.217. The molecule has 0 unspecified atom stereocenters. The summed E-state index contributed by atoms with van der Waals surface area (Å²) in [6.07, 6.45) is 5.77. The number of H-pyrrole nitrogens is 1. The third-order valence-electron chi connectivity index (χ3n) is 5.65. The fourth-order valence-corrected chi connectivity index (χ4v) is 5.25. The second kappa shape index (κ2) is 8.25. The first-order chi connectivity index (χ1) is 17.0. The molecule has 176 valence electrons. The summed E-state index contributed by atoms with van der Waals surface area (Å²) in [5.74, 6) is 1.76. The van der Waals surface area contributed by atoms with Gasteiger partial charge in [0.25, 0.3) is 10.0 Å². The SMILES string of the molecule is O=S(=O)(C1CC1)n1cc(-c2nccc(Nc3cc4[nH]c(CO)nc4c(-c4ccccc4)n3)n2)cn1. The number of rotatable bonds is 7. The molecule has 1 aliphatic rings. The monoisotopic (exact) mass is 488 g/mol. The van der Waals surface area contributed by atoms with E-state index in [1.807, 2.05) is 30.3 Å². The van der Waals surface area contributed by atoms with Crippen molar-refractivity contribution in [2.24, 2.45) is 0 Å². The molecule has 0 aliphatic heterocycles. The molecule has 0 bridgehead atoms. The number of hydrogen-bond donors (Lipinski definition) is 3. The van der Waals surface area contributed by atoms with E-state index in [-0.39, 0.29) is 11.9 Å². The Hall–Kier alpha value is -4.16. The second-order valence-corrected chi connectivity index (χ2v) is 10.3. The Labute approximate surface area is 200 Å². The van der Waals surface area contributed by atoms with Crippen LogP contribution in [0.25, 0.3) is 33.7 Å². The molecule has 1 aromatic carbocycles. The minimum atomic E-state index is -3.47. The molecule has 0 saturated heterocycles. The van der Waals surface area contributed by atoms with Crippen molar-refractivity contribution in [1.29, 1.82) is 0 Å². The lowest BCUT2D eigenvalue weighted by Crippen LogP contribution is -2.17. The molecule has 0 spiro atoms. The highest BCUT2D eigenvalue weighted by atomic mass is 32.2.